The van der Waals surface area contributed by atoms with Crippen molar-refractivity contribution >= 4 is 22.9 Å². The van der Waals surface area contributed by atoms with Crippen LogP contribution in [0.5, 0.6) is 0 Å². The number of hydrogen-bond acceptors (Lipinski definition) is 5. The van der Waals surface area contributed by atoms with Crippen LogP contribution in [-0.4, -0.2) is 33.5 Å². The predicted molar refractivity (Wildman–Crippen MR) is 64.6 cm³/mol. The van der Waals surface area contributed by atoms with Crippen molar-refractivity contribution < 1.29 is 0 Å². The number of hydrogen-bond donors (Lipinski definition) is 3. The molecule has 2 aromatic rings. The van der Waals surface area contributed by atoms with Gasteiger partial charge in [-0.3, -0.25) is 0 Å². The van der Waals surface area contributed by atoms with Crippen LogP contribution in [0.15, 0.2) is 6.33 Å². The molecule has 0 aliphatic carbocycles. The molecule has 0 bridgehead atoms. The lowest BCUT2D eigenvalue weighted by Gasteiger charge is -2.06. The highest BCUT2D eigenvalue weighted by Gasteiger charge is 2.08. The molecule has 2 heterocycles. The van der Waals surface area contributed by atoms with Crippen LogP contribution in [-0.2, 0) is 0 Å². The van der Waals surface area contributed by atoms with E-state index in [0.29, 0.717) is 11.6 Å². The van der Waals surface area contributed by atoms with Crippen LogP contribution >= 0.6 is 0 Å². The van der Waals surface area contributed by atoms with Crippen LogP contribution in [0.4, 0.5) is 11.8 Å². The Kier molecular flexibility index (Phi) is 3.19. The Morgan fingerprint density at radius 1 is 1.38 bits per heavy atom. The van der Waals surface area contributed by atoms with Crippen molar-refractivity contribution in [1.82, 2.24) is 19.9 Å². The summed E-state index contributed by atoms with van der Waals surface area (Å²) in [5, 5.41) is 6.21. The number of rotatable bonds is 5. The molecule has 0 saturated heterocycles. The van der Waals surface area contributed by atoms with Crippen molar-refractivity contribution in [3.05, 3.63) is 6.33 Å². The van der Waals surface area contributed by atoms with Crippen LogP contribution in [0.2, 0.25) is 0 Å². The van der Waals surface area contributed by atoms with E-state index < -0.39 is 0 Å². The molecule has 0 saturated carbocycles. The summed E-state index contributed by atoms with van der Waals surface area (Å²) in [5.41, 5.74) is 1.54. The summed E-state index contributed by atoms with van der Waals surface area (Å²) < 4.78 is 0. The van der Waals surface area contributed by atoms with Crippen LogP contribution < -0.4 is 10.6 Å². The molecule has 86 valence electrons. The van der Waals surface area contributed by atoms with Gasteiger partial charge in [-0.05, 0) is 6.42 Å². The minimum atomic E-state index is 0.582. The van der Waals surface area contributed by atoms with Crippen molar-refractivity contribution in [2.75, 3.05) is 24.2 Å². The largest absolute Gasteiger partial charge is 0.368 e. The minimum absolute atomic E-state index is 0.582. The summed E-state index contributed by atoms with van der Waals surface area (Å²) in [7, 11) is 1.80. The van der Waals surface area contributed by atoms with Crippen LogP contribution in [0, 0.1) is 0 Å². The SMILES string of the molecule is CCCCNc1nc(NC)nc2nc[nH]c12. The molecule has 0 radical (unpaired) electrons. The molecule has 0 amide bonds. The Morgan fingerprint density at radius 3 is 3.00 bits per heavy atom. The molecule has 6 nitrogen and oxygen atoms in total. The molecule has 2 rings (SSSR count). The average molecular weight is 220 g/mol. The van der Waals surface area contributed by atoms with Gasteiger partial charge in [-0.2, -0.15) is 9.97 Å². The van der Waals surface area contributed by atoms with Crippen LogP contribution in [0.1, 0.15) is 19.8 Å². The monoisotopic (exact) mass is 220 g/mol. The van der Waals surface area contributed by atoms with Gasteiger partial charge in [-0.15, -0.1) is 0 Å². The van der Waals surface area contributed by atoms with Crippen molar-refractivity contribution in [2.24, 2.45) is 0 Å². The summed E-state index contributed by atoms with van der Waals surface area (Å²) in [6, 6.07) is 0. The van der Waals surface area contributed by atoms with Gasteiger partial charge in [0, 0.05) is 13.6 Å². The molecule has 0 unspecified atom stereocenters. The van der Waals surface area contributed by atoms with Gasteiger partial charge in [0.05, 0.1) is 6.33 Å². The van der Waals surface area contributed by atoms with Gasteiger partial charge in [0.1, 0.15) is 5.52 Å². The van der Waals surface area contributed by atoms with E-state index in [4.69, 9.17) is 0 Å². The van der Waals surface area contributed by atoms with E-state index in [-0.39, 0.29) is 0 Å². The second-order valence-corrected chi connectivity index (χ2v) is 3.53. The Hall–Kier alpha value is -1.85. The first kappa shape index (κ1) is 10.7. The van der Waals surface area contributed by atoms with Crippen LogP contribution in [0.25, 0.3) is 11.2 Å². The molecule has 0 spiro atoms. The highest BCUT2D eigenvalue weighted by atomic mass is 15.2. The van der Waals surface area contributed by atoms with Crippen molar-refractivity contribution in [2.45, 2.75) is 19.8 Å². The lowest BCUT2D eigenvalue weighted by Crippen LogP contribution is -2.06. The Balaban J connectivity index is 2.29. The summed E-state index contributed by atoms with van der Waals surface area (Å²) in [4.78, 5) is 15.8. The number of aromatic nitrogens is 4. The average Bonchev–Trinajstić information content (AvgIpc) is 2.77. The van der Waals surface area contributed by atoms with E-state index in [0.717, 1.165) is 30.7 Å². The highest BCUT2D eigenvalue weighted by molar-refractivity contribution is 5.83. The first-order valence-electron chi connectivity index (χ1n) is 5.48. The Labute approximate surface area is 93.9 Å². The number of aromatic amines is 1. The first-order chi connectivity index (χ1) is 7.85. The third-order valence-corrected chi connectivity index (χ3v) is 2.33. The fraction of sp³-hybridized carbons (Fsp3) is 0.500. The maximum Gasteiger partial charge on any atom is 0.226 e. The fourth-order valence-electron chi connectivity index (χ4n) is 1.46. The van der Waals surface area contributed by atoms with Gasteiger partial charge in [0.2, 0.25) is 5.95 Å². The molecular weight excluding hydrogens is 204 g/mol. The zero-order valence-corrected chi connectivity index (χ0v) is 9.54. The molecule has 16 heavy (non-hydrogen) atoms. The molecule has 2 aromatic heterocycles. The second kappa shape index (κ2) is 4.78. The van der Waals surface area contributed by atoms with Gasteiger partial charge in [-0.25, -0.2) is 4.98 Å². The molecule has 0 aliphatic heterocycles. The third kappa shape index (κ3) is 2.05. The lowest BCUT2D eigenvalue weighted by molar-refractivity contribution is 0.831. The summed E-state index contributed by atoms with van der Waals surface area (Å²) in [6.45, 7) is 3.07. The summed E-state index contributed by atoms with van der Waals surface area (Å²) >= 11 is 0. The summed E-state index contributed by atoms with van der Waals surface area (Å²) in [5.74, 6) is 1.39. The minimum Gasteiger partial charge on any atom is -0.368 e. The number of unbranched alkanes of at least 4 members (excludes halogenated alkanes) is 1. The molecule has 0 aromatic carbocycles. The first-order valence-corrected chi connectivity index (χ1v) is 5.48. The maximum absolute atomic E-state index is 4.36. The van der Waals surface area contributed by atoms with Gasteiger partial charge in [-0.1, -0.05) is 13.3 Å². The number of nitrogens with one attached hydrogen (secondary N) is 3. The fourth-order valence-corrected chi connectivity index (χ4v) is 1.46. The lowest BCUT2D eigenvalue weighted by atomic mass is 10.3. The molecule has 0 fully saturated rings. The third-order valence-electron chi connectivity index (χ3n) is 2.33. The van der Waals surface area contributed by atoms with Gasteiger partial charge < -0.3 is 15.6 Å². The molecule has 6 heteroatoms. The van der Waals surface area contributed by atoms with Crippen molar-refractivity contribution in [1.29, 1.82) is 0 Å². The normalized spacial score (nSPS) is 10.6. The van der Waals surface area contributed by atoms with Gasteiger partial charge in [0.25, 0.3) is 0 Å². The van der Waals surface area contributed by atoms with E-state index in [1.807, 2.05) is 0 Å². The van der Waals surface area contributed by atoms with Gasteiger partial charge in [0.15, 0.2) is 11.5 Å². The quantitative estimate of drug-likeness (QED) is 0.667. The Morgan fingerprint density at radius 2 is 2.25 bits per heavy atom. The second-order valence-electron chi connectivity index (χ2n) is 3.53. The van der Waals surface area contributed by atoms with E-state index in [1.54, 1.807) is 13.4 Å². The van der Waals surface area contributed by atoms with Crippen LogP contribution in [0.3, 0.4) is 0 Å². The van der Waals surface area contributed by atoms with Crippen molar-refractivity contribution in [3.63, 3.8) is 0 Å². The molecule has 3 N–H and O–H groups in total. The molecule has 0 atom stereocenters. The molecule has 0 aliphatic rings. The standard InChI is InChI=1S/C10H16N6/c1-3-4-5-12-8-7-9(14-6-13-7)16-10(11-2)15-8/h6H,3-5H2,1-2H3,(H3,11,12,13,14,15,16). The van der Waals surface area contributed by atoms with E-state index >= 15 is 0 Å². The van der Waals surface area contributed by atoms with E-state index in [2.05, 4.69) is 37.5 Å². The number of H-pyrrole nitrogens is 1. The summed E-state index contributed by atoms with van der Waals surface area (Å²) in [6.07, 6.45) is 3.90. The number of nitrogens with zero attached hydrogens (tertiary/aromatic N) is 3. The van der Waals surface area contributed by atoms with E-state index in [9.17, 15) is 0 Å². The topological polar surface area (TPSA) is 78.5 Å². The van der Waals surface area contributed by atoms with E-state index in [1.165, 1.54) is 0 Å². The predicted octanol–water partition coefficient (Wildman–Crippen LogP) is 1.61. The molecular formula is C10H16N6. The maximum atomic E-state index is 4.36. The smallest absolute Gasteiger partial charge is 0.226 e. The zero-order chi connectivity index (χ0) is 11.4. The zero-order valence-electron chi connectivity index (χ0n) is 9.54. The van der Waals surface area contributed by atoms with Gasteiger partial charge >= 0.3 is 0 Å². The Bertz CT molecular complexity index is 463. The number of anilines is 2. The highest BCUT2D eigenvalue weighted by Crippen LogP contribution is 2.18. The van der Waals surface area contributed by atoms with Crippen molar-refractivity contribution in [3.8, 4) is 0 Å². The number of fused-ring (bicyclic) bond motifs is 1. The number of imidazole rings is 1.